The second-order valence-corrected chi connectivity index (χ2v) is 6.29. The average Bonchev–Trinajstić information content (AvgIpc) is 2.44. The second-order valence-electron chi connectivity index (χ2n) is 3.94. The summed E-state index contributed by atoms with van der Waals surface area (Å²) >= 11 is 0. The fourth-order valence-electron chi connectivity index (χ4n) is 1.70. The van der Waals surface area contributed by atoms with E-state index in [1.165, 1.54) is 0 Å². The zero-order valence-electron chi connectivity index (χ0n) is 9.78. The zero-order valence-corrected chi connectivity index (χ0v) is 10.6. The van der Waals surface area contributed by atoms with Gasteiger partial charge in [-0.25, -0.2) is 12.8 Å². The van der Waals surface area contributed by atoms with Crippen LogP contribution in [0.1, 0.15) is 19.3 Å². The summed E-state index contributed by atoms with van der Waals surface area (Å²) in [5.74, 6) is 3.80. The van der Waals surface area contributed by atoms with Crippen LogP contribution >= 0.6 is 0 Å². The minimum absolute atomic E-state index is 0.819. The minimum Gasteiger partial charge on any atom is -0.385 e. The minimum atomic E-state index is -2.12. The topological polar surface area (TPSA) is 32.8 Å². The Kier molecular flexibility index (Phi) is 5.05. The fraction of sp³-hybridized carbons (Fsp3) is 0.900. The molecule has 1 saturated heterocycles. The van der Waals surface area contributed by atoms with Crippen molar-refractivity contribution < 1.29 is 8.95 Å². The number of likely N-dealkylation sites (N-methyl/N-ethyl adjacent to an activating group) is 1. The Bertz CT molecular complexity index is 277. The van der Waals surface area contributed by atoms with Crippen LogP contribution in [-0.2, 0) is 14.6 Å². The number of hydrogen-bond donors (Lipinski definition) is 0. The van der Waals surface area contributed by atoms with Gasteiger partial charge in [-0.3, -0.25) is 0 Å². The van der Waals surface area contributed by atoms with E-state index < -0.39 is 9.89 Å². The Morgan fingerprint density at radius 1 is 1.33 bits per heavy atom. The summed E-state index contributed by atoms with van der Waals surface area (Å²) in [6.45, 7) is 3.44. The van der Waals surface area contributed by atoms with Gasteiger partial charge in [-0.2, -0.15) is 0 Å². The maximum atomic E-state index is 12.1. The molecule has 0 bridgehead atoms. The van der Waals surface area contributed by atoms with Crippen LogP contribution in [0.3, 0.4) is 0 Å². The highest BCUT2D eigenvalue weighted by molar-refractivity contribution is 7.96. The largest absolute Gasteiger partial charge is 0.385 e. The Hall–Kier alpha value is -0.100. The van der Waals surface area contributed by atoms with E-state index in [-0.39, 0.29) is 0 Å². The number of hydrogen-bond acceptors (Lipinski definition) is 2. The molecule has 0 aromatic rings. The molecule has 0 spiro atoms. The van der Waals surface area contributed by atoms with Gasteiger partial charge >= 0.3 is 0 Å². The molecule has 4 nitrogen and oxygen atoms in total. The quantitative estimate of drug-likeness (QED) is 0.498. The van der Waals surface area contributed by atoms with Crippen molar-refractivity contribution in [1.29, 1.82) is 0 Å². The van der Waals surface area contributed by atoms with Gasteiger partial charge in [0.05, 0.1) is 9.89 Å². The van der Waals surface area contributed by atoms with Crippen LogP contribution in [0.25, 0.3) is 0 Å². The van der Waals surface area contributed by atoms with E-state index in [0.29, 0.717) is 0 Å². The third kappa shape index (κ3) is 3.45. The molecular formula is C10H22N2O2S. The van der Waals surface area contributed by atoms with Crippen molar-refractivity contribution in [3.63, 3.8) is 0 Å². The van der Waals surface area contributed by atoms with Gasteiger partial charge in [0.1, 0.15) is 0 Å². The van der Waals surface area contributed by atoms with Crippen molar-refractivity contribution in [2.24, 2.45) is 0 Å². The molecule has 1 heterocycles. The van der Waals surface area contributed by atoms with Gasteiger partial charge < -0.3 is 4.74 Å². The third-order valence-corrected chi connectivity index (χ3v) is 5.14. The van der Waals surface area contributed by atoms with Gasteiger partial charge in [0.15, 0.2) is 0 Å². The molecule has 1 fully saturated rings. The smallest absolute Gasteiger partial charge is 0.0900 e. The lowest BCUT2D eigenvalue weighted by Gasteiger charge is -2.20. The molecule has 0 aliphatic carbocycles. The molecule has 0 saturated carbocycles. The molecule has 0 radical (unpaired) electrons. The van der Waals surface area contributed by atoms with Gasteiger partial charge in [0.25, 0.3) is 0 Å². The lowest BCUT2D eigenvalue weighted by Crippen LogP contribution is -2.31. The average molecular weight is 234 g/mol. The van der Waals surface area contributed by atoms with Crippen LogP contribution in [0.4, 0.5) is 0 Å². The molecule has 0 aromatic heterocycles. The Morgan fingerprint density at radius 3 is 2.60 bits per heavy atom. The van der Waals surface area contributed by atoms with E-state index in [9.17, 15) is 4.21 Å². The van der Waals surface area contributed by atoms with Gasteiger partial charge in [-0.15, -0.1) is 0 Å². The van der Waals surface area contributed by atoms with Crippen molar-refractivity contribution in [2.45, 2.75) is 19.3 Å². The predicted molar refractivity (Wildman–Crippen MR) is 65.2 cm³/mol. The molecule has 1 rings (SSSR count). The molecule has 1 atom stereocenters. The molecule has 1 unspecified atom stereocenters. The van der Waals surface area contributed by atoms with Crippen LogP contribution in [0.5, 0.6) is 0 Å². The van der Waals surface area contributed by atoms with Crippen molar-refractivity contribution in [3.8, 4) is 0 Å². The standard InChI is InChI=1S/C10H22N2O2S/c1-11-8-9-12(15(11,3)13)7-5-4-6-10-14-2/h3-10H2,1-2H3. The van der Waals surface area contributed by atoms with E-state index in [0.717, 1.165) is 45.5 Å². The Morgan fingerprint density at radius 2 is 2.07 bits per heavy atom. The summed E-state index contributed by atoms with van der Waals surface area (Å²) < 4.78 is 20.9. The van der Waals surface area contributed by atoms with Crippen LogP contribution in [0.15, 0.2) is 0 Å². The summed E-state index contributed by atoms with van der Waals surface area (Å²) in [5.41, 5.74) is 0. The lowest BCUT2D eigenvalue weighted by atomic mass is 10.2. The molecule has 1 aliphatic heterocycles. The summed E-state index contributed by atoms with van der Waals surface area (Å²) in [7, 11) is 1.47. The highest BCUT2D eigenvalue weighted by atomic mass is 32.2. The van der Waals surface area contributed by atoms with E-state index >= 15 is 0 Å². The predicted octanol–water partition coefficient (Wildman–Crippen LogP) is 0.597. The van der Waals surface area contributed by atoms with E-state index in [1.54, 1.807) is 7.11 Å². The summed E-state index contributed by atoms with van der Waals surface area (Å²) in [6.07, 6.45) is 3.28. The number of methoxy groups -OCH3 is 1. The normalized spacial score (nSPS) is 28.7. The van der Waals surface area contributed by atoms with Gasteiger partial charge in [-0.05, 0) is 25.1 Å². The first-order valence-corrected chi connectivity index (χ1v) is 7.05. The summed E-state index contributed by atoms with van der Waals surface area (Å²) in [6, 6.07) is 0. The summed E-state index contributed by atoms with van der Waals surface area (Å²) in [5, 5.41) is 0. The molecule has 0 amide bonds. The van der Waals surface area contributed by atoms with Gasteiger partial charge in [-0.1, -0.05) is 0 Å². The van der Waals surface area contributed by atoms with E-state index in [2.05, 4.69) is 5.87 Å². The van der Waals surface area contributed by atoms with Crippen LogP contribution < -0.4 is 0 Å². The fourth-order valence-corrected chi connectivity index (χ4v) is 3.24. The molecule has 0 N–H and O–H groups in total. The number of ether oxygens (including phenoxy) is 1. The van der Waals surface area contributed by atoms with Crippen molar-refractivity contribution >= 4 is 15.8 Å². The lowest BCUT2D eigenvalue weighted by molar-refractivity contribution is 0.191. The molecule has 5 heteroatoms. The first-order valence-electron chi connectivity index (χ1n) is 5.41. The van der Waals surface area contributed by atoms with E-state index in [4.69, 9.17) is 4.74 Å². The number of nitrogens with zero attached hydrogens (tertiary/aromatic N) is 2. The molecular weight excluding hydrogens is 212 g/mol. The zero-order chi connectivity index (χ0) is 11.3. The first kappa shape index (κ1) is 13.0. The second kappa shape index (κ2) is 5.84. The molecule has 90 valence electrons. The maximum Gasteiger partial charge on any atom is 0.0900 e. The highest BCUT2D eigenvalue weighted by Crippen LogP contribution is 2.14. The molecule has 0 aromatic carbocycles. The van der Waals surface area contributed by atoms with Crippen LogP contribution in [0, 0.1) is 0 Å². The van der Waals surface area contributed by atoms with Crippen LogP contribution in [-0.4, -0.2) is 59.1 Å². The van der Waals surface area contributed by atoms with Gasteiger partial charge in [0.2, 0.25) is 0 Å². The summed E-state index contributed by atoms with van der Waals surface area (Å²) in [4.78, 5) is 0. The van der Waals surface area contributed by atoms with Crippen LogP contribution in [0.2, 0.25) is 0 Å². The van der Waals surface area contributed by atoms with Crippen molar-refractivity contribution in [1.82, 2.24) is 8.61 Å². The number of rotatable bonds is 6. The van der Waals surface area contributed by atoms with E-state index in [1.807, 2.05) is 15.7 Å². The Balaban J connectivity index is 2.23. The molecule has 1 aliphatic rings. The number of unbranched alkanes of at least 4 members (excludes halogenated alkanes) is 2. The third-order valence-electron chi connectivity index (χ3n) is 2.81. The maximum absolute atomic E-state index is 12.1. The Labute approximate surface area is 93.5 Å². The first-order chi connectivity index (χ1) is 7.09. The molecule has 15 heavy (non-hydrogen) atoms. The monoisotopic (exact) mass is 234 g/mol. The SMILES string of the molecule is C=S1(=O)N(C)CCN1CCCCCOC. The van der Waals surface area contributed by atoms with Crippen molar-refractivity contribution in [2.75, 3.05) is 40.4 Å². The van der Waals surface area contributed by atoms with Gasteiger partial charge in [0, 0.05) is 40.4 Å². The van der Waals surface area contributed by atoms with Crippen molar-refractivity contribution in [3.05, 3.63) is 0 Å². The highest BCUT2D eigenvalue weighted by Gasteiger charge is 2.27.